The molecule has 9 heteroatoms. The highest BCUT2D eigenvalue weighted by atomic mass is 32.1. The summed E-state index contributed by atoms with van der Waals surface area (Å²) in [7, 11) is 0. The van der Waals surface area contributed by atoms with Crippen molar-refractivity contribution in [2.75, 3.05) is 56.4 Å². The normalized spacial score (nSPS) is 25.2. The number of nitrogens with one attached hydrogen (secondary N) is 1. The number of carbonyl (C=O) groups excluding carboxylic acids is 1. The number of piperazine rings is 1. The molecule has 1 atom stereocenters. The van der Waals surface area contributed by atoms with Gasteiger partial charge in [-0.3, -0.25) is 0 Å². The number of carbonyl (C=O) groups is 1. The highest BCUT2D eigenvalue weighted by Crippen LogP contribution is 2.31. The Morgan fingerprint density at radius 2 is 2.00 bits per heavy atom. The van der Waals surface area contributed by atoms with Gasteiger partial charge in [-0.2, -0.15) is 9.36 Å². The van der Waals surface area contributed by atoms with E-state index in [1.165, 1.54) is 37.3 Å². The minimum absolute atomic E-state index is 0.0660. The van der Waals surface area contributed by atoms with Crippen LogP contribution in [0.3, 0.4) is 0 Å². The Balaban J connectivity index is 1.19. The average molecular weight is 351 g/mol. The third-order valence-electron chi connectivity index (χ3n) is 5.19. The lowest BCUT2D eigenvalue weighted by atomic mass is 10.1. The predicted octanol–water partition coefficient (Wildman–Crippen LogP) is 0.436. The molecule has 24 heavy (non-hydrogen) atoms. The van der Waals surface area contributed by atoms with Crippen molar-refractivity contribution in [1.82, 2.24) is 24.5 Å². The van der Waals surface area contributed by atoms with Gasteiger partial charge in [-0.15, -0.1) is 0 Å². The molecule has 0 spiro atoms. The zero-order valence-electron chi connectivity index (χ0n) is 13.9. The average Bonchev–Trinajstić information content (AvgIpc) is 3.19. The van der Waals surface area contributed by atoms with Gasteiger partial charge < -0.3 is 25.8 Å². The van der Waals surface area contributed by atoms with E-state index in [9.17, 15) is 4.79 Å². The van der Waals surface area contributed by atoms with Gasteiger partial charge in [0.05, 0.1) is 0 Å². The molecule has 1 unspecified atom stereocenters. The maximum Gasteiger partial charge on any atom is 0.317 e. The molecule has 3 aliphatic rings. The summed E-state index contributed by atoms with van der Waals surface area (Å²) in [5.41, 5.74) is 5.58. The molecule has 0 bridgehead atoms. The fourth-order valence-electron chi connectivity index (χ4n) is 3.60. The number of nitrogens with zero attached hydrogens (tertiary/aromatic N) is 5. The molecule has 2 amide bonds. The van der Waals surface area contributed by atoms with Gasteiger partial charge in [-0.1, -0.05) is 0 Å². The molecule has 0 aromatic carbocycles. The summed E-state index contributed by atoms with van der Waals surface area (Å²) < 4.78 is 4.01. The molecule has 8 nitrogen and oxygen atoms in total. The highest BCUT2D eigenvalue weighted by Gasteiger charge is 2.34. The topological polar surface area (TPSA) is 90.6 Å². The number of aromatic nitrogens is 2. The summed E-state index contributed by atoms with van der Waals surface area (Å²) in [5, 5.41) is 3.98. The third-order valence-corrected chi connectivity index (χ3v) is 5.98. The van der Waals surface area contributed by atoms with E-state index in [4.69, 9.17) is 5.73 Å². The van der Waals surface area contributed by atoms with Crippen molar-refractivity contribution in [2.45, 2.75) is 25.3 Å². The first-order chi connectivity index (χ1) is 11.7. The monoisotopic (exact) mass is 351 g/mol. The van der Waals surface area contributed by atoms with Crippen molar-refractivity contribution in [3.8, 4) is 0 Å². The van der Waals surface area contributed by atoms with Crippen molar-refractivity contribution in [3.63, 3.8) is 0 Å². The number of rotatable bonds is 4. The second-order valence-corrected chi connectivity index (χ2v) is 7.71. The summed E-state index contributed by atoms with van der Waals surface area (Å²) in [6.45, 7) is 6.14. The van der Waals surface area contributed by atoms with Gasteiger partial charge in [-0.05, 0) is 31.7 Å². The molecule has 1 aliphatic carbocycles. The first-order valence-electron chi connectivity index (χ1n) is 8.80. The molecule has 1 saturated carbocycles. The van der Waals surface area contributed by atoms with Crippen molar-refractivity contribution >= 4 is 28.6 Å². The van der Waals surface area contributed by atoms with E-state index < -0.39 is 0 Å². The van der Waals surface area contributed by atoms with Crippen LogP contribution < -0.4 is 16.0 Å². The summed E-state index contributed by atoms with van der Waals surface area (Å²) in [4.78, 5) is 23.2. The van der Waals surface area contributed by atoms with E-state index in [1.807, 2.05) is 4.90 Å². The number of hydrogen-bond donors (Lipinski definition) is 2. The number of anilines is 2. The van der Waals surface area contributed by atoms with E-state index in [2.05, 4.69) is 24.5 Å². The van der Waals surface area contributed by atoms with E-state index >= 15 is 0 Å². The van der Waals surface area contributed by atoms with Crippen LogP contribution in [-0.2, 0) is 0 Å². The Morgan fingerprint density at radius 1 is 1.21 bits per heavy atom. The number of nitrogen functional groups attached to an aromatic ring is 1. The lowest BCUT2D eigenvalue weighted by Crippen LogP contribution is -2.52. The first-order valence-corrected chi connectivity index (χ1v) is 9.57. The van der Waals surface area contributed by atoms with Crippen molar-refractivity contribution in [2.24, 2.45) is 5.92 Å². The zero-order valence-corrected chi connectivity index (χ0v) is 14.7. The second kappa shape index (κ2) is 6.72. The van der Waals surface area contributed by atoms with E-state index in [0.29, 0.717) is 25.0 Å². The summed E-state index contributed by atoms with van der Waals surface area (Å²) in [6.07, 6.45) is 3.94. The van der Waals surface area contributed by atoms with E-state index in [0.717, 1.165) is 37.4 Å². The van der Waals surface area contributed by atoms with Crippen LogP contribution in [0.1, 0.15) is 19.3 Å². The number of nitrogens with two attached hydrogens (primary N) is 1. The summed E-state index contributed by atoms with van der Waals surface area (Å²) in [5.74, 6) is 0.937. The molecule has 132 valence electrons. The van der Waals surface area contributed by atoms with E-state index in [-0.39, 0.29) is 6.03 Å². The molecule has 3 N–H and O–H groups in total. The number of urea groups is 1. The van der Waals surface area contributed by atoms with Gasteiger partial charge in [0.15, 0.2) is 0 Å². The smallest absolute Gasteiger partial charge is 0.317 e. The fourth-order valence-corrected chi connectivity index (χ4v) is 4.25. The van der Waals surface area contributed by atoms with Crippen LogP contribution in [0.15, 0.2) is 0 Å². The van der Waals surface area contributed by atoms with Gasteiger partial charge in [0.1, 0.15) is 0 Å². The Bertz CT molecular complexity index is 582. The van der Waals surface area contributed by atoms with Gasteiger partial charge in [0, 0.05) is 56.8 Å². The lowest BCUT2D eigenvalue weighted by molar-refractivity contribution is 0.192. The minimum atomic E-state index is 0.0660. The molecular weight excluding hydrogens is 326 g/mol. The molecule has 3 fully saturated rings. The second-order valence-electron chi connectivity index (χ2n) is 6.98. The van der Waals surface area contributed by atoms with Crippen LogP contribution in [0.4, 0.5) is 15.9 Å². The third kappa shape index (κ3) is 3.56. The fraction of sp³-hybridized carbons (Fsp3) is 0.800. The minimum Gasteiger partial charge on any atom is -0.367 e. The van der Waals surface area contributed by atoms with E-state index in [1.54, 1.807) is 0 Å². The van der Waals surface area contributed by atoms with Crippen LogP contribution in [0.2, 0.25) is 0 Å². The zero-order chi connectivity index (χ0) is 16.5. The molecule has 2 aliphatic heterocycles. The molecule has 1 aromatic heterocycles. The Kier molecular flexibility index (Phi) is 4.45. The predicted molar refractivity (Wildman–Crippen MR) is 94.2 cm³/mol. The number of amides is 2. The Labute approximate surface area is 146 Å². The van der Waals surface area contributed by atoms with Crippen molar-refractivity contribution in [3.05, 3.63) is 0 Å². The van der Waals surface area contributed by atoms with Gasteiger partial charge >= 0.3 is 6.03 Å². The van der Waals surface area contributed by atoms with Crippen molar-refractivity contribution in [1.29, 1.82) is 0 Å². The SMILES string of the molecule is Nc1nsc(N2CCN(C(=O)NCC3CCN(C4CC4)C3)CC2)n1. The van der Waals surface area contributed by atoms with Gasteiger partial charge in [-0.25, -0.2) is 4.79 Å². The molecule has 3 heterocycles. The van der Waals surface area contributed by atoms with Crippen LogP contribution >= 0.6 is 11.5 Å². The van der Waals surface area contributed by atoms with Crippen LogP contribution in [0.5, 0.6) is 0 Å². The standard InChI is InChI=1S/C15H25N7OS/c16-13-18-15(24-19-13)21-7-5-20(6-8-21)14(23)17-9-11-3-4-22(10-11)12-1-2-12/h11-12H,1-10H2,(H2,16,19)(H,17,23). The molecule has 0 radical (unpaired) electrons. The molecular formula is C15H25N7OS. The maximum atomic E-state index is 12.4. The van der Waals surface area contributed by atoms with Gasteiger partial charge in [0.2, 0.25) is 11.1 Å². The molecule has 2 saturated heterocycles. The van der Waals surface area contributed by atoms with Crippen LogP contribution in [-0.4, -0.2) is 77.0 Å². The number of likely N-dealkylation sites (tertiary alicyclic amines) is 1. The number of hydrogen-bond acceptors (Lipinski definition) is 7. The maximum absolute atomic E-state index is 12.4. The highest BCUT2D eigenvalue weighted by molar-refractivity contribution is 7.09. The lowest BCUT2D eigenvalue weighted by Gasteiger charge is -2.34. The van der Waals surface area contributed by atoms with Crippen LogP contribution in [0.25, 0.3) is 0 Å². The van der Waals surface area contributed by atoms with Gasteiger partial charge in [0.25, 0.3) is 0 Å². The van der Waals surface area contributed by atoms with Crippen molar-refractivity contribution < 1.29 is 4.79 Å². The molecule has 1 aromatic rings. The Morgan fingerprint density at radius 3 is 2.67 bits per heavy atom. The Hall–Kier alpha value is -1.61. The summed E-state index contributed by atoms with van der Waals surface area (Å²) >= 11 is 1.32. The summed E-state index contributed by atoms with van der Waals surface area (Å²) in [6, 6.07) is 0.907. The first kappa shape index (κ1) is 15.9. The largest absolute Gasteiger partial charge is 0.367 e. The quantitative estimate of drug-likeness (QED) is 0.818. The van der Waals surface area contributed by atoms with Crippen LogP contribution in [0, 0.1) is 5.92 Å². The molecule has 4 rings (SSSR count).